The van der Waals surface area contributed by atoms with Gasteiger partial charge in [-0.25, -0.2) is 9.59 Å². The molecule has 0 aliphatic heterocycles. The number of nitrogens with zero attached hydrogens (tertiary/aromatic N) is 4. The van der Waals surface area contributed by atoms with Crippen molar-refractivity contribution in [2.45, 2.75) is 50.2 Å². The molecule has 0 aliphatic rings. The van der Waals surface area contributed by atoms with Crippen molar-refractivity contribution in [3.8, 4) is 11.4 Å². The maximum absolute atomic E-state index is 12.7. The molecule has 0 radical (unpaired) electrons. The fourth-order valence-electron chi connectivity index (χ4n) is 3.09. The summed E-state index contributed by atoms with van der Waals surface area (Å²) in [4.78, 5) is 24.1. The van der Waals surface area contributed by atoms with Gasteiger partial charge in [-0.2, -0.15) is 22.5 Å². The van der Waals surface area contributed by atoms with Crippen LogP contribution in [0.15, 0.2) is 46.1 Å². The Bertz CT molecular complexity index is 1210. The summed E-state index contributed by atoms with van der Waals surface area (Å²) < 4.78 is 45.3. The number of carboxylic acid groups (broad SMARTS) is 1. The lowest BCUT2D eigenvalue weighted by atomic mass is 10.0. The monoisotopic (exact) mass is 482 g/mol. The Kier molecular flexibility index (Phi) is 6.59. The maximum Gasteiger partial charge on any atom is 0.446 e. The van der Waals surface area contributed by atoms with Crippen LogP contribution in [-0.4, -0.2) is 42.0 Å². The van der Waals surface area contributed by atoms with Gasteiger partial charge in [-0.1, -0.05) is 12.1 Å². The van der Waals surface area contributed by atoms with Gasteiger partial charge in [-0.05, 0) is 90.8 Å². The highest BCUT2D eigenvalue weighted by Gasteiger charge is 2.31. The van der Waals surface area contributed by atoms with E-state index in [0.717, 1.165) is 14.9 Å². The van der Waals surface area contributed by atoms with Gasteiger partial charge in [-0.15, -0.1) is 0 Å². The molecule has 3 rings (SSSR count). The molecule has 33 heavy (non-hydrogen) atoms. The predicted molar refractivity (Wildman–Crippen MR) is 115 cm³/mol. The smallest absolute Gasteiger partial charge is 0.446 e. The van der Waals surface area contributed by atoms with Crippen molar-refractivity contribution in [1.82, 2.24) is 19.8 Å². The summed E-state index contributed by atoms with van der Waals surface area (Å²) in [6.45, 7) is 6.53. The second kappa shape index (κ2) is 8.93. The molecule has 8 nitrogen and oxygen atoms in total. The normalized spacial score (nSPS) is 12.1. The molecule has 0 fully saturated rings. The topological polar surface area (TPSA) is 99.2 Å². The zero-order valence-corrected chi connectivity index (χ0v) is 19.0. The van der Waals surface area contributed by atoms with Crippen LogP contribution in [0.3, 0.4) is 0 Å². The van der Waals surface area contributed by atoms with Crippen molar-refractivity contribution in [2.75, 3.05) is 0 Å². The zero-order valence-electron chi connectivity index (χ0n) is 18.2. The van der Waals surface area contributed by atoms with Crippen molar-refractivity contribution in [2.24, 2.45) is 0 Å². The van der Waals surface area contributed by atoms with Gasteiger partial charge in [0.15, 0.2) is 5.60 Å². The fourth-order valence-corrected chi connectivity index (χ4v) is 3.63. The molecule has 0 saturated heterocycles. The van der Waals surface area contributed by atoms with Crippen molar-refractivity contribution in [3.05, 3.63) is 63.6 Å². The Labute approximate surface area is 191 Å². The number of ether oxygens (including phenoxy) is 1. The number of carbonyl (C=O) groups is 1. The number of hydrogen-bond acceptors (Lipinski definition) is 6. The molecule has 2 aromatic carbocycles. The van der Waals surface area contributed by atoms with Crippen LogP contribution in [-0.2, 0) is 11.3 Å². The maximum atomic E-state index is 12.7. The summed E-state index contributed by atoms with van der Waals surface area (Å²) in [7, 11) is 0. The summed E-state index contributed by atoms with van der Waals surface area (Å²) >= 11 is -0.247. The fraction of sp³-hybridized carbons (Fsp3) is 0.333. The van der Waals surface area contributed by atoms with Crippen LogP contribution in [0.2, 0.25) is 0 Å². The second-order valence-corrected chi connectivity index (χ2v) is 8.99. The number of rotatable bonds is 7. The van der Waals surface area contributed by atoms with E-state index in [9.17, 15) is 27.9 Å². The van der Waals surface area contributed by atoms with Crippen LogP contribution in [0.1, 0.15) is 30.5 Å². The predicted octanol–water partition coefficient (Wildman–Crippen LogP) is 3.95. The lowest BCUT2D eigenvalue weighted by Gasteiger charge is -2.24. The molecule has 3 aromatic rings. The molecule has 1 heterocycles. The number of alkyl halides is 3. The lowest BCUT2D eigenvalue weighted by Crippen LogP contribution is -2.38. The van der Waals surface area contributed by atoms with E-state index < -0.39 is 22.8 Å². The van der Waals surface area contributed by atoms with E-state index >= 15 is 0 Å². The first-order valence-corrected chi connectivity index (χ1v) is 10.5. The summed E-state index contributed by atoms with van der Waals surface area (Å²) in [5.74, 6) is -0.655. The molecule has 0 bridgehead atoms. The Balaban J connectivity index is 1.82. The van der Waals surface area contributed by atoms with E-state index in [1.165, 1.54) is 38.1 Å². The third-order valence-electron chi connectivity index (χ3n) is 4.68. The summed E-state index contributed by atoms with van der Waals surface area (Å²) in [6, 6.07) is 8.74. The third-order valence-corrected chi connectivity index (χ3v) is 5.42. The van der Waals surface area contributed by atoms with E-state index in [-0.39, 0.29) is 28.9 Å². The molecular weight excluding hydrogens is 461 g/mol. The average molecular weight is 482 g/mol. The van der Waals surface area contributed by atoms with Crippen LogP contribution in [0.5, 0.6) is 5.75 Å². The molecule has 12 heteroatoms. The Morgan fingerprint density at radius 3 is 2.18 bits per heavy atom. The largest absolute Gasteiger partial charge is 0.478 e. The number of carboxylic acids is 1. The Morgan fingerprint density at radius 2 is 1.67 bits per heavy atom. The van der Waals surface area contributed by atoms with Crippen LogP contribution >= 0.6 is 11.8 Å². The Hall–Kier alpha value is -3.28. The minimum absolute atomic E-state index is 0.00831. The molecule has 0 spiro atoms. The second-order valence-electron chi connectivity index (χ2n) is 7.85. The minimum atomic E-state index is -4.40. The van der Waals surface area contributed by atoms with Crippen molar-refractivity contribution >= 4 is 17.7 Å². The number of hydrogen-bond donors (Lipinski definition) is 1. The number of aromatic nitrogens is 4. The van der Waals surface area contributed by atoms with Crippen LogP contribution < -0.4 is 10.4 Å². The van der Waals surface area contributed by atoms with Gasteiger partial charge in [-0.3, -0.25) is 0 Å². The molecule has 0 aliphatic carbocycles. The highest BCUT2D eigenvalue weighted by atomic mass is 32.2. The number of benzene rings is 2. The zero-order chi connectivity index (χ0) is 24.6. The minimum Gasteiger partial charge on any atom is -0.478 e. The molecule has 0 atom stereocenters. The molecule has 1 aromatic heterocycles. The van der Waals surface area contributed by atoms with Crippen LogP contribution in [0, 0.1) is 13.8 Å². The van der Waals surface area contributed by atoms with Gasteiger partial charge in [0, 0.05) is 4.90 Å². The van der Waals surface area contributed by atoms with Crippen molar-refractivity contribution in [3.63, 3.8) is 0 Å². The first-order valence-electron chi connectivity index (χ1n) is 9.68. The van der Waals surface area contributed by atoms with Crippen molar-refractivity contribution < 1.29 is 27.8 Å². The van der Waals surface area contributed by atoms with Gasteiger partial charge in [0.25, 0.3) is 0 Å². The SMILES string of the molecule is Cc1cc(Cn2nnn(-c3ccc(SC(F)(F)F)cc3)c2=O)cc(C)c1OC(C)(C)C(=O)O. The van der Waals surface area contributed by atoms with Crippen LogP contribution in [0.25, 0.3) is 5.69 Å². The van der Waals surface area contributed by atoms with Gasteiger partial charge in [0.1, 0.15) is 5.75 Å². The molecule has 0 unspecified atom stereocenters. The summed E-state index contributed by atoms with van der Waals surface area (Å²) in [5.41, 5.74) is -3.99. The van der Waals surface area contributed by atoms with E-state index in [0.29, 0.717) is 16.9 Å². The molecule has 1 N–H and O–H groups in total. The average Bonchev–Trinajstić information content (AvgIpc) is 3.04. The number of aliphatic carboxylic acids is 1. The number of aryl methyl sites for hydroxylation is 2. The van der Waals surface area contributed by atoms with Crippen LogP contribution in [0.4, 0.5) is 13.2 Å². The van der Waals surface area contributed by atoms with E-state index in [2.05, 4.69) is 10.4 Å². The molecule has 176 valence electrons. The number of halogens is 3. The molecule has 0 amide bonds. The molecular formula is C21H21F3N4O4S. The Morgan fingerprint density at radius 1 is 1.09 bits per heavy atom. The summed E-state index contributed by atoms with van der Waals surface area (Å²) in [6.07, 6.45) is 0. The quantitative estimate of drug-likeness (QED) is 0.509. The standard InChI is InChI=1S/C21H21F3N4O4S/c1-12-9-14(10-13(2)17(12)32-20(3,4)18(29)30)11-27-19(31)28(26-25-27)15-5-7-16(8-6-15)33-21(22,23)24/h5-10H,11H2,1-4H3,(H,29,30). The first-order chi connectivity index (χ1) is 15.3. The number of thioether (sulfide) groups is 1. The highest BCUT2D eigenvalue weighted by molar-refractivity contribution is 8.00. The third kappa shape index (κ3) is 5.75. The molecule has 0 saturated carbocycles. The van der Waals surface area contributed by atoms with E-state index in [1.54, 1.807) is 26.0 Å². The number of tetrazole rings is 1. The first kappa shape index (κ1) is 24.4. The van der Waals surface area contributed by atoms with E-state index in [4.69, 9.17) is 4.74 Å². The highest BCUT2D eigenvalue weighted by Crippen LogP contribution is 2.36. The van der Waals surface area contributed by atoms with E-state index in [1.807, 2.05) is 0 Å². The van der Waals surface area contributed by atoms with Gasteiger partial charge >= 0.3 is 17.2 Å². The van der Waals surface area contributed by atoms with Gasteiger partial charge < -0.3 is 9.84 Å². The van der Waals surface area contributed by atoms with Gasteiger partial charge in [0.2, 0.25) is 0 Å². The van der Waals surface area contributed by atoms with Crippen molar-refractivity contribution in [1.29, 1.82) is 0 Å². The summed E-state index contributed by atoms with van der Waals surface area (Å²) in [5, 5.41) is 17.0. The lowest BCUT2D eigenvalue weighted by molar-refractivity contribution is -0.152. The van der Waals surface area contributed by atoms with Gasteiger partial charge in [0.05, 0.1) is 12.2 Å².